The van der Waals surface area contributed by atoms with Crippen molar-refractivity contribution in [2.45, 2.75) is 50.7 Å². The molecule has 2 heterocycles. The summed E-state index contributed by atoms with van der Waals surface area (Å²) in [5, 5.41) is 7.69. The largest absolute Gasteiger partial charge is 0.356 e. The van der Waals surface area contributed by atoms with E-state index < -0.39 is 0 Å². The predicted molar refractivity (Wildman–Crippen MR) is 114 cm³/mol. The van der Waals surface area contributed by atoms with Gasteiger partial charge in [-0.05, 0) is 63.3 Å². The molecule has 0 aromatic heterocycles. The molecule has 0 aliphatic carbocycles. The predicted octanol–water partition coefficient (Wildman–Crippen LogP) is 3.18. The van der Waals surface area contributed by atoms with Crippen LogP contribution in [-0.2, 0) is 0 Å². The van der Waals surface area contributed by atoms with Crippen LogP contribution in [0.1, 0.15) is 45.4 Å². The molecule has 2 saturated heterocycles. The molecule has 0 saturated carbocycles. The third-order valence-corrected chi connectivity index (χ3v) is 6.08. The number of halogens is 1. The lowest BCUT2D eigenvalue weighted by atomic mass is 10.0. The Morgan fingerprint density at radius 1 is 1.22 bits per heavy atom. The first-order valence-corrected chi connectivity index (χ1v) is 10.1. The second-order valence-corrected chi connectivity index (χ2v) is 8.18. The molecule has 2 atom stereocenters. The number of rotatable bonds is 7. The van der Waals surface area contributed by atoms with Gasteiger partial charge in [-0.25, -0.2) is 0 Å². The van der Waals surface area contributed by atoms with Crippen LogP contribution in [0.15, 0.2) is 4.99 Å². The normalized spacial score (nSPS) is 25.9. The van der Waals surface area contributed by atoms with E-state index in [4.69, 9.17) is 0 Å². The molecule has 0 radical (unpaired) electrons. The van der Waals surface area contributed by atoms with Crippen LogP contribution in [0.2, 0.25) is 0 Å². The minimum atomic E-state index is 0. The van der Waals surface area contributed by atoms with Gasteiger partial charge < -0.3 is 15.5 Å². The van der Waals surface area contributed by atoms with Crippen molar-refractivity contribution in [3.05, 3.63) is 0 Å². The van der Waals surface area contributed by atoms with E-state index in [1.807, 2.05) is 7.05 Å². The van der Waals surface area contributed by atoms with E-state index in [-0.39, 0.29) is 24.0 Å². The number of piperidine rings is 1. The van der Waals surface area contributed by atoms with Crippen molar-refractivity contribution in [1.82, 2.24) is 15.5 Å². The number of hydrogen-bond acceptors (Lipinski definition) is 3. The fraction of sp³-hybridized carbons (Fsp3) is 0.941. The highest BCUT2D eigenvalue weighted by Crippen LogP contribution is 2.25. The first-order chi connectivity index (χ1) is 10.8. The zero-order chi connectivity index (χ0) is 15.6. The highest BCUT2D eigenvalue weighted by molar-refractivity contribution is 14.0. The lowest BCUT2D eigenvalue weighted by Gasteiger charge is -2.30. The molecular weight excluding hydrogens is 419 g/mol. The monoisotopic (exact) mass is 454 g/mol. The molecule has 2 aliphatic rings. The number of thioether (sulfide) groups is 1. The van der Waals surface area contributed by atoms with Crippen molar-refractivity contribution in [2.24, 2.45) is 10.9 Å². The maximum absolute atomic E-state index is 4.32. The van der Waals surface area contributed by atoms with Gasteiger partial charge in [-0.3, -0.25) is 4.99 Å². The molecular formula is C17H35IN4S. The van der Waals surface area contributed by atoms with Crippen molar-refractivity contribution in [3.63, 3.8) is 0 Å². The van der Waals surface area contributed by atoms with E-state index in [1.54, 1.807) is 0 Å². The van der Waals surface area contributed by atoms with E-state index in [0.29, 0.717) is 0 Å². The summed E-state index contributed by atoms with van der Waals surface area (Å²) in [6.07, 6.45) is 8.04. The molecule has 2 unspecified atom stereocenters. The van der Waals surface area contributed by atoms with Crippen LogP contribution in [0.3, 0.4) is 0 Å². The lowest BCUT2D eigenvalue weighted by Crippen LogP contribution is -2.40. The number of nitrogens with zero attached hydrogens (tertiary/aromatic N) is 2. The smallest absolute Gasteiger partial charge is 0.191 e. The van der Waals surface area contributed by atoms with Gasteiger partial charge in [0.25, 0.3) is 0 Å². The standard InChI is InChI=1S/C17H34N4S.HI/c1-15-7-5-11-21(14-15)10-4-3-9-19-17(18-2)20-13-16-8-6-12-22-16;/h15-16H,3-14H2,1-2H3,(H2,18,19,20);1H. The molecule has 2 N–H and O–H groups in total. The summed E-state index contributed by atoms with van der Waals surface area (Å²) in [4.78, 5) is 6.96. The molecule has 2 rings (SSSR count). The molecule has 0 aromatic rings. The Labute approximate surface area is 164 Å². The second kappa shape index (κ2) is 12.6. The van der Waals surface area contributed by atoms with Crippen molar-refractivity contribution in [3.8, 4) is 0 Å². The summed E-state index contributed by atoms with van der Waals surface area (Å²) in [6.45, 7) is 8.33. The van der Waals surface area contributed by atoms with Gasteiger partial charge in [-0.15, -0.1) is 24.0 Å². The number of likely N-dealkylation sites (tertiary alicyclic amines) is 1. The van der Waals surface area contributed by atoms with Crippen molar-refractivity contribution in [2.75, 3.05) is 45.5 Å². The lowest BCUT2D eigenvalue weighted by molar-refractivity contribution is 0.181. The number of hydrogen-bond donors (Lipinski definition) is 2. The summed E-state index contributed by atoms with van der Waals surface area (Å²) in [5.74, 6) is 3.19. The molecule has 2 aliphatic heterocycles. The molecule has 0 bridgehead atoms. The van der Waals surface area contributed by atoms with E-state index in [1.165, 1.54) is 63.9 Å². The van der Waals surface area contributed by atoms with Gasteiger partial charge in [0.2, 0.25) is 0 Å². The topological polar surface area (TPSA) is 39.7 Å². The fourth-order valence-electron chi connectivity index (χ4n) is 3.39. The first-order valence-electron chi connectivity index (χ1n) is 9.06. The molecule has 0 spiro atoms. The Kier molecular flexibility index (Phi) is 11.7. The van der Waals surface area contributed by atoms with E-state index in [2.05, 4.69) is 39.2 Å². The molecule has 6 heteroatoms. The van der Waals surface area contributed by atoms with Crippen molar-refractivity contribution >= 4 is 41.7 Å². The van der Waals surface area contributed by atoms with Gasteiger partial charge in [0.05, 0.1) is 0 Å². The number of unbranched alkanes of at least 4 members (excludes halogenated alkanes) is 1. The Morgan fingerprint density at radius 2 is 2.09 bits per heavy atom. The number of aliphatic imine (C=N–C) groups is 1. The summed E-state index contributed by atoms with van der Waals surface area (Å²) in [6, 6.07) is 0. The van der Waals surface area contributed by atoms with Gasteiger partial charge in [0.15, 0.2) is 5.96 Å². The molecule has 4 nitrogen and oxygen atoms in total. The van der Waals surface area contributed by atoms with E-state index >= 15 is 0 Å². The summed E-state index contributed by atoms with van der Waals surface area (Å²) in [5.41, 5.74) is 0. The first kappa shape index (κ1) is 21.4. The maximum atomic E-state index is 4.32. The zero-order valence-electron chi connectivity index (χ0n) is 14.9. The average molecular weight is 454 g/mol. The highest BCUT2D eigenvalue weighted by atomic mass is 127. The third-order valence-electron chi connectivity index (χ3n) is 4.68. The average Bonchev–Trinajstić information content (AvgIpc) is 3.03. The minimum Gasteiger partial charge on any atom is -0.356 e. The second-order valence-electron chi connectivity index (χ2n) is 6.77. The Hall–Kier alpha value is 0.310. The van der Waals surface area contributed by atoms with Crippen LogP contribution >= 0.6 is 35.7 Å². The van der Waals surface area contributed by atoms with Crippen LogP contribution in [0.5, 0.6) is 0 Å². The van der Waals surface area contributed by atoms with Gasteiger partial charge in [0, 0.05) is 31.9 Å². The molecule has 0 amide bonds. The molecule has 2 fully saturated rings. The number of nitrogens with one attached hydrogen (secondary N) is 2. The van der Waals surface area contributed by atoms with E-state index in [0.717, 1.165) is 30.2 Å². The van der Waals surface area contributed by atoms with Crippen LogP contribution in [0.25, 0.3) is 0 Å². The molecule has 136 valence electrons. The number of guanidine groups is 1. The highest BCUT2D eigenvalue weighted by Gasteiger charge is 2.16. The van der Waals surface area contributed by atoms with Crippen LogP contribution < -0.4 is 10.6 Å². The van der Waals surface area contributed by atoms with E-state index in [9.17, 15) is 0 Å². The van der Waals surface area contributed by atoms with Crippen LogP contribution in [0, 0.1) is 5.92 Å². The molecule has 23 heavy (non-hydrogen) atoms. The van der Waals surface area contributed by atoms with Crippen LogP contribution in [0.4, 0.5) is 0 Å². The maximum Gasteiger partial charge on any atom is 0.191 e. The minimum absolute atomic E-state index is 0. The third kappa shape index (κ3) is 8.82. The van der Waals surface area contributed by atoms with Gasteiger partial charge >= 0.3 is 0 Å². The van der Waals surface area contributed by atoms with Gasteiger partial charge in [0.1, 0.15) is 0 Å². The van der Waals surface area contributed by atoms with Gasteiger partial charge in [-0.1, -0.05) is 6.92 Å². The van der Waals surface area contributed by atoms with Crippen molar-refractivity contribution < 1.29 is 0 Å². The molecule has 0 aromatic carbocycles. The Bertz CT molecular complexity index is 335. The summed E-state index contributed by atoms with van der Waals surface area (Å²) >= 11 is 2.09. The Morgan fingerprint density at radius 3 is 2.78 bits per heavy atom. The van der Waals surface area contributed by atoms with Crippen molar-refractivity contribution in [1.29, 1.82) is 0 Å². The quantitative estimate of drug-likeness (QED) is 0.268. The zero-order valence-corrected chi connectivity index (χ0v) is 18.0. The SMILES string of the molecule is CN=C(NCCCCN1CCCC(C)C1)NCC1CCCS1.I. The summed E-state index contributed by atoms with van der Waals surface area (Å²) in [7, 11) is 1.87. The fourth-order valence-corrected chi connectivity index (χ4v) is 4.59. The van der Waals surface area contributed by atoms with Gasteiger partial charge in [-0.2, -0.15) is 11.8 Å². The summed E-state index contributed by atoms with van der Waals surface area (Å²) < 4.78 is 0. The Balaban J connectivity index is 0.00000264. The van der Waals surface area contributed by atoms with Crippen LogP contribution in [-0.4, -0.2) is 61.6 Å².